The molecule has 0 unspecified atom stereocenters. The van der Waals surface area contributed by atoms with E-state index in [4.69, 9.17) is 4.74 Å². The van der Waals surface area contributed by atoms with Crippen LogP contribution in [0.2, 0.25) is 0 Å². The number of hydrogen-bond acceptors (Lipinski definition) is 3. The number of hydrogen-bond donors (Lipinski definition) is 2. The molecule has 0 spiro atoms. The van der Waals surface area contributed by atoms with Crippen LogP contribution in [0.5, 0.6) is 5.75 Å². The Hall–Kier alpha value is -2.30. The van der Waals surface area contributed by atoms with Crippen molar-refractivity contribution in [2.45, 2.75) is 38.6 Å². The zero-order valence-electron chi connectivity index (χ0n) is 13.2. The van der Waals surface area contributed by atoms with E-state index in [1.54, 1.807) is 7.11 Å². The summed E-state index contributed by atoms with van der Waals surface area (Å²) in [6, 6.07) is 7.72. The number of benzene rings is 1. The molecule has 116 valence electrons. The number of carbonyl (C=O) groups excluding carboxylic acids is 1. The van der Waals surface area contributed by atoms with Crippen molar-refractivity contribution in [1.82, 2.24) is 15.5 Å². The third-order valence-corrected chi connectivity index (χ3v) is 4.23. The summed E-state index contributed by atoms with van der Waals surface area (Å²) in [6.07, 6.45) is 2.98. The van der Waals surface area contributed by atoms with Gasteiger partial charge in [0, 0.05) is 16.8 Å². The van der Waals surface area contributed by atoms with Crippen LogP contribution in [0.25, 0.3) is 0 Å². The third kappa shape index (κ3) is 2.47. The Morgan fingerprint density at radius 1 is 1.32 bits per heavy atom. The smallest absolute Gasteiger partial charge is 0.272 e. The number of para-hydroxylation sites is 1. The summed E-state index contributed by atoms with van der Waals surface area (Å²) in [5.41, 5.74) is 3.08. The lowest BCUT2D eigenvalue weighted by molar-refractivity contribution is 0.0905. The third-order valence-electron chi connectivity index (χ3n) is 4.23. The van der Waals surface area contributed by atoms with Gasteiger partial charge in [-0.3, -0.25) is 9.89 Å². The van der Waals surface area contributed by atoms with Crippen molar-refractivity contribution in [1.29, 1.82) is 0 Å². The van der Waals surface area contributed by atoms with Gasteiger partial charge in [-0.15, -0.1) is 0 Å². The lowest BCUT2D eigenvalue weighted by Gasteiger charge is -2.28. The summed E-state index contributed by atoms with van der Waals surface area (Å²) in [5.74, 6) is 0.621. The normalized spacial score (nSPS) is 13.8. The van der Waals surface area contributed by atoms with Crippen molar-refractivity contribution in [2.24, 2.45) is 0 Å². The highest BCUT2D eigenvalue weighted by Gasteiger charge is 2.30. The largest absolute Gasteiger partial charge is 0.496 e. The van der Waals surface area contributed by atoms with E-state index >= 15 is 0 Å². The SMILES string of the molecule is COc1ccccc1C(C)(C)NC(=O)c1n[nH]c2c1CCC2. The molecule has 1 aliphatic carbocycles. The molecule has 1 aromatic heterocycles. The number of nitrogens with one attached hydrogen (secondary N) is 2. The quantitative estimate of drug-likeness (QED) is 0.912. The average molecular weight is 299 g/mol. The Kier molecular flexibility index (Phi) is 3.64. The van der Waals surface area contributed by atoms with Crippen molar-refractivity contribution < 1.29 is 9.53 Å². The summed E-state index contributed by atoms with van der Waals surface area (Å²) in [6.45, 7) is 3.94. The maximum Gasteiger partial charge on any atom is 0.272 e. The number of rotatable bonds is 4. The van der Waals surface area contributed by atoms with Gasteiger partial charge in [0.1, 0.15) is 5.75 Å². The van der Waals surface area contributed by atoms with Gasteiger partial charge >= 0.3 is 0 Å². The molecular weight excluding hydrogens is 278 g/mol. The minimum absolute atomic E-state index is 0.143. The molecule has 0 fully saturated rings. The molecular formula is C17H21N3O2. The second-order valence-corrected chi connectivity index (χ2v) is 6.16. The van der Waals surface area contributed by atoms with Crippen LogP contribution in [0.15, 0.2) is 24.3 Å². The topological polar surface area (TPSA) is 67.0 Å². The van der Waals surface area contributed by atoms with Crippen LogP contribution in [0, 0.1) is 0 Å². The molecule has 0 bridgehead atoms. The molecule has 2 N–H and O–H groups in total. The number of nitrogens with zero attached hydrogens (tertiary/aromatic N) is 1. The van der Waals surface area contributed by atoms with Crippen LogP contribution in [0.1, 0.15) is 47.6 Å². The Labute approximate surface area is 130 Å². The molecule has 1 heterocycles. The fourth-order valence-corrected chi connectivity index (χ4v) is 3.08. The monoisotopic (exact) mass is 299 g/mol. The van der Waals surface area contributed by atoms with Crippen LogP contribution in [0.3, 0.4) is 0 Å². The molecule has 0 aliphatic heterocycles. The number of fused-ring (bicyclic) bond motifs is 1. The second-order valence-electron chi connectivity index (χ2n) is 6.16. The van der Waals surface area contributed by atoms with Crippen molar-refractivity contribution in [2.75, 3.05) is 7.11 Å². The predicted molar refractivity (Wildman–Crippen MR) is 84.1 cm³/mol. The van der Waals surface area contributed by atoms with E-state index in [0.29, 0.717) is 5.69 Å². The first-order valence-electron chi connectivity index (χ1n) is 7.55. The molecule has 0 saturated heterocycles. The number of amides is 1. The van der Waals surface area contributed by atoms with E-state index in [1.807, 2.05) is 38.1 Å². The van der Waals surface area contributed by atoms with Gasteiger partial charge in [0.15, 0.2) is 5.69 Å². The van der Waals surface area contributed by atoms with Gasteiger partial charge in [0.2, 0.25) is 0 Å². The molecule has 5 nitrogen and oxygen atoms in total. The van der Waals surface area contributed by atoms with Gasteiger partial charge in [-0.2, -0.15) is 5.10 Å². The number of aromatic amines is 1. The molecule has 22 heavy (non-hydrogen) atoms. The van der Waals surface area contributed by atoms with Crippen LogP contribution in [-0.4, -0.2) is 23.2 Å². The highest BCUT2D eigenvalue weighted by Crippen LogP contribution is 2.30. The summed E-state index contributed by atoms with van der Waals surface area (Å²) < 4.78 is 5.40. The number of aromatic nitrogens is 2. The number of aryl methyl sites for hydroxylation is 1. The fourth-order valence-electron chi connectivity index (χ4n) is 3.08. The molecule has 2 aromatic rings. The van der Waals surface area contributed by atoms with Crippen LogP contribution in [-0.2, 0) is 18.4 Å². The highest BCUT2D eigenvalue weighted by atomic mass is 16.5. The molecule has 1 aromatic carbocycles. The minimum atomic E-state index is -0.547. The highest BCUT2D eigenvalue weighted by molar-refractivity contribution is 5.94. The Morgan fingerprint density at radius 2 is 2.09 bits per heavy atom. The zero-order valence-corrected chi connectivity index (χ0v) is 13.2. The number of H-pyrrole nitrogens is 1. The van der Waals surface area contributed by atoms with Gasteiger partial charge in [0.05, 0.1) is 12.6 Å². The standard InChI is InChI=1S/C17H21N3O2/c1-17(2,12-8-4-5-10-14(12)22-3)18-16(21)15-11-7-6-9-13(11)19-20-15/h4-5,8,10H,6-7,9H2,1-3H3,(H,18,21)(H,19,20). The average Bonchev–Trinajstić information content (AvgIpc) is 3.09. The van der Waals surface area contributed by atoms with E-state index in [0.717, 1.165) is 41.8 Å². The number of ether oxygens (including phenoxy) is 1. The summed E-state index contributed by atoms with van der Waals surface area (Å²) >= 11 is 0. The van der Waals surface area contributed by atoms with Crippen molar-refractivity contribution in [3.8, 4) is 5.75 Å². The lowest BCUT2D eigenvalue weighted by atomic mass is 9.93. The zero-order chi connectivity index (χ0) is 15.7. The molecule has 1 amide bonds. The summed E-state index contributed by atoms with van der Waals surface area (Å²) in [4.78, 5) is 12.6. The molecule has 3 rings (SSSR count). The minimum Gasteiger partial charge on any atom is -0.496 e. The van der Waals surface area contributed by atoms with Crippen LogP contribution in [0.4, 0.5) is 0 Å². The first-order chi connectivity index (χ1) is 10.5. The van der Waals surface area contributed by atoms with Crippen LogP contribution >= 0.6 is 0 Å². The van der Waals surface area contributed by atoms with E-state index in [-0.39, 0.29) is 5.91 Å². The van der Waals surface area contributed by atoms with Gasteiger partial charge in [-0.1, -0.05) is 18.2 Å². The maximum atomic E-state index is 12.6. The van der Waals surface area contributed by atoms with Crippen LogP contribution < -0.4 is 10.1 Å². The predicted octanol–water partition coefficient (Wildman–Crippen LogP) is 2.57. The first-order valence-corrected chi connectivity index (χ1v) is 7.55. The summed E-state index contributed by atoms with van der Waals surface area (Å²) in [5, 5.41) is 10.2. The van der Waals surface area contributed by atoms with Gasteiger partial charge in [-0.25, -0.2) is 0 Å². The van der Waals surface area contributed by atoms with E-state index < -0.39 is 5.54 Å². The Morgan fingerprint density at radius 3 is 2.86 bits per heavy atom. The van der Waals surface area contributed by atoms with Crippen molar-refractivity contribution >= 4 is 5.91 Å². The first kappa shape index (κ1) is 14.6. The van der Waals surface area contributed by atoms with Crippen molar-refractivity contribution in [3.63, 3.8) is 0 Å². The van der Waals surface area contributed by atoms with E-state index in [2.05, 4.69) is 15.5 Å². The van der Waals surface area contributed by atoms with Gasteiger partial charge in [-0.05, 0) is 39.2 Å². The maximum absolute atomic E-state index is 12.6. The number of carbonyl (C=O) groups is 1. The molecule has 5 heteroatoms. The summed E-state index contributed by atoms with van der Waals surface area (Å²) in [7, 11) is 1.64. The van der Waals surface area contributed by atoms with E-state index in [9.17, 15) is 4.79 Å². The Balaban J connectivity index is 1.86. The van der Waals surface area contributed by atoms with Crippen molar-refractivity contribution in [3.05, 3.63) is 46.8 Å². The fraction of sp³-hybridized carbons (Fsp3) is 0.412. The molecule has 1 aliphatic rings. The molecule has 0 radical (unpaired) electrons. The number of methoxy groups -OCH3 is 1. The Bertz CT molecular complexity index is 704. The van der Waals surface area contributed by atoms with Gasteiger partial charge in [0.25, 0.3) is 5.91 Å². The second kappa shape index (κ2) is 5.48. The lowest BCUT2D eigenvalue weighted by Crippen LogP contribution is -2.41. The molecule has 0 saturated carbocycles. The van der Waals surface area contributed by atoms with Gasteiger partial charge < -0.3 is 10.1 Å². The molecule has 0 atom stereocenters. The van der Waals surface area contributed by atoms with E-state index in [1.165, 1.54) is 0 Å².